The van der Waals surface area contributed by atoms with Crippen molar-refractivity contribution in [2.24, 2.45) is 0 Å². The molecule has 2 fully saturated rings. The van der Waals surface area contributed by atoms with Crippen molar-refractivity contribution in [3.8, 4) is 0 Å². The molecule has 1 saturated heterocycles. The van der Waals surface area contributed by atoms with Crippen molar-refractivity contribution in [2.75, 3.05) is 6.54 Å². The Morgan fingerprint density at radius 3 is 2.43 bits per heavy atom. The second-order valence-corrected chi connectivity index (χ2v) is 6.43. The van der Waals surface area contributed by atoms with Gasteiger partial charge < -0.3 is 10.2 Å². The Morgan fingerprint density at radius 1 is 1.19 bits per heavy atom. The lowest BCUT2D eigenvalue weighted by atomic mass is 9.91. The molecular formula is C16H19ClN2O2. The molecule has 0 bridgehead atoms. The Morgan fingerprint density at radius 2 is 1.81 bits per heavy atom. The number of hydrogen-bond donors (Lipinski definition) is 1. The molecule has 1 aliphatic heterocycles. The van der Waals surface area contributed by atoms with Crippen LogP contribution in [0.2, 0.25) is 5.02 Å². The van der Waals surface area contributed by atoms with E-state index in [4.69, 9.17) is 11.6 Å². The van der Waals surface area contributed by atoms with Crippen LogP contribution in [0.4, 0.5) is 0 Å². The van der Waals surface area contributed by atoms with E-state index in [1.807, 2.05) is 31.2 Å². The fraction of sp³-hybridized carbons (Fsp3) is 0.500. The SMILES string of the molecule is CC(c1ccc(Cl)cc1)N1CC(=O)NC2(CCCC2)C1=O. The van der Waals surface area contributed by atoms with E-state index in [1.54, 1.807) is 4.90 Å². The lowest BCUT2D eigenvalue weighted by Gasteiger charge is -2.42. The average molecular weight is 307 g/mol. The van der Waals surface area contributed by atoms with Crippen molar-refractivity contribution in [3.63, 3.8) is 0 Å². The van der Waals surface area contributed by atoms with Crippen molar-refractivity contribution in [2.45, 2.75) is 44.2 Å². The van der Waals surface area contributed by atoms with E-state index in [-0.39, 0.29) is 24.4 Å². The van der Waals surface area contributed by atoms with E-state index in [2.05, 4.69) is 5.32 Å². The zero-order valence-electron chi connectivity index (χ0n) is 12.1. The highest BCUT2D eigenvalue weighted by molar-refractivity contribution is 6.30. The fourth-order valence-electron chi connectivity index (χ4n) is 3.41. The maximum atomic E-state index is 12.9. The number of hydrogen-bond acceptors (Lipinski definition) is 2. The number of carbonyl (C=O) groups excluding carboxylic acids is 2. The van der Waals surface area contributed by atoms with Gasteiger partial charge in [0.15, 0.2) is 0 Å². The van der Waals surface area contributed by atoms with Crippen LogP contribution in [-0.2, 0) is 9.59 Å². The molecule has 4 nitrogen and oxygen atoms in total. The summed E-state index contributed by atoms with van der Waals surface area (Å²) in [5.74, 6) is -0.000589. The quantitative estimate of drug-likeness (QED) is 0.913. The van der Waals surface area contributed by atoms with Gasteiger partial charge in [-0.1, -0.05) is 36.6 Å². The molecule has 2 amide bonds. The van der Waals surface area contributed by atoms with Crippen molar-refractivity contribution >= 4 is 23.4 Å². The van der Waals surface area contributed by atoms with E-state index in [0.717, 1.165) is 31.2 Å². The van der Waals surface area contributed by atoms with Gasteiger partial charge in [-0.25, -0.2) is 0 Å². The molecule has 1 aromatic rings. The van der Waals surface area contributed by atoms with E-state index in [0.29, 0.717) is 5.02 Å². The largest absolute Gasteiger partial charge is 0.340 e. The van der Waals surface area contributed by atoms with Crippen LogP contribution in [0.15, 0.2) is 24.3 Å². The number of nitrogens with one attached hydrogen (secondary N) is 1. The summed E-state index contributed by atoms with van der Waals surface area (Å²) in [4.78, 5) is 26.6. The summed E-state index contributed by atoms with van der Waals surface area (Å²) < 4.78 is 0. The van der Waals surface area contributed by atoms with Crippen LogP contribution in [0, 0.1) is 0 Å². The summed E-state index contributed by atoms with van der Waals surface area (Å²) in [5.41, 5.74) is 0.339. The zero-order chi connectivity index (χ0) is 15.0. The first-order valence-corrected chi connectivity index (χ1v) is 7.77. The molecule has 0 radical (unpaired) electrons. The second-order valence-electron chi connectivity index (χ2n) is 6.00. The first-order chi connectivity index (χ1) is 10.0. The lowest BCUT2D eigenvalue weighted by molar-refractivity contribution is -0.152. The minimum absolute atomic E-state index is 0.0575. The Hall–Kier alpha value is -1.55. The van der Waals surface area contributed by atoms with Gasteiger partial charge >= 0.3 is 0 Å². The summed E-state index contributed by atoms with van der Waals surface area (Å²) in [7, 11) is 0. The third kappa shape index (κ3) is 2.53. The fourth-order valence-corrected chi connectivity index (χ4v) is 3.54. The van der Waals surface area contributed by atoms with Gasteiger partial charge in [-0.2, -0.15) is 0 Å². The first-order valence-electron chi connectivity index (χ1n) is 7.39. The number of amides is 2. The molecule has 1 atom stereocenters. The van der Waals surface area contributed by atoms with Crippen molar-refractivity contribution in [1.82, 2.24) is 10.2 Å². The van der Waals surface area contributed by atoms with E-state index in [9.17, 15) is 9.59 Å². The van der Waals surface area contributed by atoms with Crippen molar-refractivity contribution < 1.29 is 9.59 Å². The highest BCUT2D eigenvalue weighted by atomic mass is 35.5. The molecule has 21 heavy (non-hydrogen) atoms. The highest BCUT2D eigenvalue weighted by Crippen LogP contribution is 2.36. The van der Waals surface area contributed by atoms with Gasteiger partial charge in [-0.05, 0) is 37.5 Å². The van der Waals surface area contributed by atoms with Gasteiger partial charge in [0.25, 0.3) is 0 Å². The van der Waals surface area contributed by atoms with Gasteiger partial charge in [-0.15, -0.1) is 0 Å². The maximum absolute atomic E-state index is 12.9. The number of halogens is 1. The zero-order valence-corrected chi connectivity index (χ0v) is 12.8. The van der Waals surface area contributed by atoms with Crippen LogP contribution in [0.5, 0.6) is 0 Å². The molecule has 5 heteroatoms. The van der Waals surface area contributed by atoms with Gasteiger partial charge in [0.1, 0.15) is 12.1 Å². The van der Waals surface area contributed by atoms with E-state index in [1.165, 1.54) is 0 Å². The van der Waals surface area contributed by atoms with E-state index >= 15 is 0 Å². The number of nitrogens with zero attached hydrogens (tertiary/aromatic N) is 1. The molecule has 1 aliphatic carbocycles. The Bertz CT molecular complexity index is 564. The minimum Gasteiger partial charge on any atom is -0.340 e. The normalized spacial score (nSPS) is 22.5. The molecule has 1 aromatic carbocycles. The standard InChI is InChI=1S/C16H19ClN2O2/c1-11(12-4-6-13(17)7-5-12)19-10-14(20)18-16(15(19)21)8-2-3-9-16/h4-7,11H,2-3,8-10H2,1H3,(H,18,20). The molecule has 1 unspecified atom stereocenters. The molecule has 1 N–H and O–H groups in total. The van der Waals surface area contributed by atoms with Gasteiger partial charge in [-0.3, -0.25) is 9.59 Å². The first kappa shape index (κ1) is 14.4. The van der Waals surface area contributed by atoms with Gasteiger partial charge in [0, 0.05) is 5.02 Å². The van der Waals surface area contributed by atoms with Gasteiger partial charge in [0.05, 0.1) is 6.04 Å². The lowest BCUT2D eigenvalue weighted by Crippen LogP contribution is -2.65. The van der Waals surface area contributed by atoms with E-state index < -0.39 is 5.54 Å². The van der Waals surface area contributed by atoms with Crippen LogP contribution >= 0.6 is 11.6 Å². The third-order valence-corrected chi connectivity index (χ3v) is 4.89. The minimum atomic E-state index is -0.657. The number of carbonyl (C=O) groups is 2. The van der Waals surface area contributed by atoms with Crippen LogP contribution in [-0.4, -0.2) is 28.8 Å². The molecule has 112 valence electrons. The van der Waals surface area contributed by atoms with Crippen LogP contribution in [0.25, 0.3) is 0 Å². The van der Waals surface area contributed by atoms with Crippen molar-refractivity contribution in [3.05, 3.63) is 34.9 Å². The monoisotopic (exact) mass is 306 g/mol. The summed E-state index contributed by atoms with van der Waals surface area (Å²) in [6, 6.07) is 7.32. The molecule has 3 rings (SSSR count). The number of piperazine rings is 1. The molecule has 1 spiro atoms. The highest BCUT2D eigenvalue weighted by Gasteiger charge is 2.49. The number of benzene rings is 1. The molecule has 1 saturated carbocycles. The summed E-state index contributed by atoms with van der Waals surface area (Å²) in [5, 5.41) is 3.60. The third-order valence-electron chi connectivity index (χ3n) is 4.64. The average Bonchev–Trinajstić information content (AvgIpc) is 2.92. The Balaban J connectivity index is 1.87. The van der Waals surface area contributed by atoms with Crippen LogP contribution < -0.4 is 5.32 Å². The summed E-state index contributed by atoms with van der Waals surface area (Å²) in [6.07, 6.45) is 3.49. The molecule has 1 heterocycles. The Kier molecular flexibility index (Phi) is 3.66. The summed E-state index contributed by atoms with van der Waals surface area (Å²) in [6.45, 7) is 2.09. The van der Waals surface area contributed by atoms with Crippen LogP contribution in [0.3, 0.4) is 0 Å². The maximum Gasteiger partial charge on any atom is 0.249 e. The molecular weight excluding hydrogens is 288 g/mol. The predicted octanol–water partition coefficient (Wildman–Crippen LogP) is 2.67. The topological polar surface area (TPSA) is 49.4 Å². The smallest absolute Gasteiger partial charge is 0.249 e. The van der Waals surface area contributed by atoms with Crippen LogP contribution in [0.1, 0.15) is 44.2 Å². The second kappa shape index (κ2) is 5.34. The number of rotatable bonds is 2. The molecule has 0 aromatic heterocycles. The molecule has 2 aliphatic rings. The predicted molar refractivity (Wildman–Crippen MR) is 80.9 cm³/mol. The van der Waals surface area contributed by atoms with Crippen molar-refractivity contribution in [1.29, 1.82) is 0 Å². The summed E-state index contributed by atoms with van der Waals surface area (Å²) >= 11 is 5.91. The van der Waals surface area contributed by atoms with Gasteiger partial charge in [0.2, 0.25) is 11.8 Å². The Labute approximate surface area is 129 Å².